The summed E-state index contributed by atoms with van der Waals surface area (Å²) in [6, 6.07) is 1.38. The highest BCUT2D eigenvalue weighted by atomic mass is 32.1. The van der Waals surface area contributed by atoms with Gasteiger partial charge in [0.2, 0.25) is 0 Å². The Labute approximate surface area is 101 Å². The van der Waals surface area contributed by atoms with Gasteiger partial charge in [0.1, 0.15) is 5.82 Å². The lowest BCUT2D eigenvalue weighted by atomic mass is 10.2. The molecule has 2 heterocycles. The molecule has 0 unspecified atom stereocenters. The standard InChI is InChI=1S/C10H10N4O2S/c1-5-4-17-10(13-5)14-8-2-6(9(15)16)7(11)3-12-8/h2-4H,11H2,1H3,(H,15,16)(H,12,13,14). The number of aromatic carboxylic acids is 1. The molecular weight excluding hydrogens is 240 g/mol. The molecule has 0 aromatic carbocycles. The lowest BCUT2D eigenvalue weighted by molar-refractivity contribution is 0.0698. The largest absolute Gasteiger partial charge is 0.478 e. The van der Waals surface area contributed by atoms with Crippen LogP contribution in [0, 0.1) is 6.92 Å². The van der Waals surface area contributed by atoms with Crippen LogP contribution in [0.25, 0.3) is 0 Å². The molecule has 6 nitrogen and oxygen atoms in total. The van der Waals surface area contributed by atoms with Gasteiger partial charge < -0.3 is 16.2 Å². The van der Waals surface area contributed by atoms with E-state index >= 15 is 0 Å². The highest BCUT2D eigenvalue weighted by Gasteiger charge is 2.10. The Morgan fingerprint density at radius 3 is 2.94 bits per heavy atom. The predicted octanol–water partition coefficient (Wildman–Crippen LogP) is 1.87. The third-order valence-corrected chi connectivity index (χ3v) is 2.89. The fraction of sp³-hybridized carbons (Fsp3) is 0.100. The molecule has 0 aliphatic rings. The topological polar surface area (TPSA) is 101 Å². The van der Waals surface area contributed by atoms with Gasteiger partial charge in [-0.1, -0.05) is 0 Å². The summed E-state index contributed by atoms with van der Waals surface area (Å²) in [6.45, 7) is 1.88. The lowest BCUT2D eigenvalue weighted by Gasteiger charge is -2.04. The van der Waals surface area contributed by atoms with Crippen LogP contribution in [0.1, 0.15) is 16.1 Å². The van der Waals surface area contributed by atoms with Crippen molar-refractivity contribution in [1.82, 2.24) is 9.97 Å². The maximum atomic E-state index is 10.9. The third kappa shape index (κ3) is 2.51. The summed E-state index contributed by atoms with van der Waals surface area (Å²) in [6.07, 6.45) is 1.31. The fourth-order valence-electron chi connectivity index (χ4n) is 1.24. The number of hydrogen-bond donors (Lipinski definition) is 3. The molecule has 0 aliphatic heterocycles. The van der Waals surface area contributed by atoms with Crippen molar-refractivity contribution in [2.75, 3.05) is 11.1 Å². The van der Waals surface area contributed by atoms with E-state index in [0.717, 1.165) is 5.69 Å². The molecule has 0 atom stereocenters. The molecule has 0 radical (unpaired) electrons. The lowest BCUT2D eigenvalue weighted by Crippen LogP contribution is -2.04. The average Bonchev–Trinajstić information content (AvgIpc) is 2.66. The van der Waals surface area contributed by atoms with Crippen LogP contribution in [0.2, 0.25) is 0 Å². The number of aryl methyl sites for hydroxylation is 1. The number of rotatable bonds is 3. The van der Waals surface area contributed by atoms with Crippen LogP contribution in [-0.4, -0.2) is 21.0 Å². The number of carbonyl (C=O) groups is 1. The normalized spacial score (nSPS) is 10.2. The van der Waals surface area contributed by atoms with Crippen LogP contribution < -0.4 is 11.1 Å². The second kappa shape index (κ2) is 4.38. The smallest absolute Gasteiger partial charge is 0.337 e. The van der Waals surface area contributed by atoms with Crippen LogP contribution in [0.4, 0.5) is 16.6 Å². The number of nitrogens with one attached hydrogen (secondary N) is 1. The van der Waals surface area contributed by atoms with Crippen molar-refractivity contribution in [2.24, 2.45) is 0 Å². The van der Waals surface area contributed by atoms with E-state index in [9.17, 15) is 4.79 Å². The number of nitrogen functional groups attached to an aromatic ring is 1. The zero-order valence-corrected chi connectivity index (χ0v) is 9.78. The van der Waals surface area contributed by atoms with Crippen molar-refractivity contribution in [2.45, 2.75) is 6.92 Å². The van der Waals surface area contributed by atoms with Crippen molar-refractivity contribution >= 4 is 33.9 Å². The molecule has 0 bridgehead atoms. The summed E-state index contributed by atoms with van der Waals surface area (Å²) in [5.74, 6) is -0.672. The first kappa shape index (κ1) is 11.3. The summed E-state index contributed by atoms with van der Waals surface area (Å²) in [4.78, 5) is 19.1. The maximum Gasteiger partial charge on any atom is 0.337 e. The molecule has 2 rings (SSSR count). The van der Waals surface area contributed by atoms with Crippen LogP contribution in [0.5, 0.6) is 0 Å². The van der Waals surface area contributed by atoms with Crippen molar-refractivity contribution < 1.29 is 9.90 Å². The van der Waals surface area contributed by atoms with Gasteiger partial charge in [-0.3, -0.25) is 0 Å². The first-order chi connectivity index (χ1) is 8.06. The van der Waals surface area contributed by atoms with E-state index in [4.69, 9.17) is 10.8 Å². The third-order valence-electron chi connectivity index (χ3n) is 2.02. The molecule has 0 aliphatic carbocycles. The summed E-state index contributed by atoms with van der Waals surface area (Å²) in [5.41, 5.74) is 6.56. The average molecular weight is 250 g/mol. The van der Waals surface area contributed by atoms with Crippen molar-refractivity contribution in [3.05, 3.63) is 28.9 Å². The number of nitrogens with two attached hydrogens (primary N) is 1. The van der Waals surface area contributed by atoms with Gasteiger partial charge in [0, 0.05) is 5.38 Å². The van der Waals surface area contributed by atoms with E-state index in [0.29, 0.717) is 10.9 Å². The fourth-order valence-corrected chi connectivity index (χ4v) is 1.94. The van der Waals surface area contributed by atoms with Crippen LogP contribution in [0.15, 0.2) is 17.6 Å². The Balaban J connectivity index is 2.28. The SMILES string of the molecule is Cc1csc(Nc2cc(C(=O)O)c(N)cn2)n1. The monoisotopic (exact) mass is 250 g/mol. The molecule has 0 spiro atoms. The van der Waals surface area contributed by atoms with Gasteiger partial charge in [0.25, 0.3) is 0 Å². The number of nitrogens with zero attached hydrogens (tertiary/aromatic N) is 2. The molecule has 0 saturated heterocycles. The number of hydrogen-bond acceptors (Lipinski definition) is 6. The summed E-state index contributed by atoms with van der Waals surface area (Å²) in [7, 11) is 0. The Morgan fingerprint density at radius 1 is 1.59 bits per heavy atom. The van der Waals surface area contributed by atoms with E-state index in [2.05, 4.69) is 15.3 Å². The minimum atomic E-state index is -1.08. The first-order valence-electron chi connectivity index (χ1n) is 4.74. The van der Waals surface area contributed by atoms with E-state index in [1.807, 2.05) is 12.3 Å². The molecule has 0 amide bonds. The Bertz CT molecular complexity index is 567. The molecule has 2 aromatic rings. The van der Waals surface area contributed by atoms with Gasteiger partial charge in [0.05, 0.1) is 23.1 Å². The molecule has 7 heteroatoms. The van der Waals surface area contributed by atoms with Gasteiger partial charge >= 0.3 is 5.97 Å². The zero-order chi connectivity index (χ0) is 12.4. The van der Waals surface area contributed by atoms with Crippen LogP contribution in [0.3, 0.4) is 0 Å². The second-order valence-electron chi connectivity index (χ2n) is 3.38. The van der Waals surface area contributed by atoms with Crippen molar-refractivity contribution in [3.8, 4) is 0 Å². The second-order valence-corrected chi connectivity index (χ2v) is 4.24. The molecule has 4 N–H and O–H groups in total. The molecule has 17 heavy (non-hydrogen) atoms. The Kier molecular flexibility index (Phi) is 2.92. The summed E-state index contributed by atoms with van der Waals surface area (Å²) >= 11 is 1.42. The van der Waals surface area contributed by atoms with Crippen molar-refractivity contribution in [1.29, 1.82) is 0 Å². The molecule has 88 valence electrons. The van der Waals surface area contributed by atoms with E-state index in [1.54, 1.807) is 0 Å². The van der Waals surface area contributed by atoms with Crippen LogP contribution in [-0.2, 0) is 0 Å². The van der Waals surface area contributed by atoms with E-state index in [1.165, 1.54) is 23.6 Å². The van der Waals surface area contributed by atoms with Crippen LogP contribution >= 0.6 is 11.3 Å². The van der Waals surface area contributed by atoms with Gasteiger partial charge in [-0.2, -0.15) is 0 Å². The van der Waals surface area contributed by atoms with Gasteiger partial charge in [0.15, 0.2) is 5.13 Å². The Morgan fingerprint density at radius 2 is 2.35 bits per heavy atom. The number of anilines is 3. The number of thiazole rings is 1. The Hall–Kier alpha value is -2.15. The minimum absolute atomic E-state index is 0.0239. The van der Waals surface area contributed by atoms with E-state index in [-0.39, 0.29) is 11.3 Å². The zero-order valence-electron chi connectivity index (χ0n) is 8.97. The molecule has 0 fully saturated rings. The minimum Gasteiger partial charge on any atom is -0.478 e. The number of carboxylic acid groups (broad SMARTS) is 1. The van der Waals surface area contributed by atoms with Crippen molar-refractivity contribution in [3.63, 3.8) is 0 Å². The highest BCUT2D eigenvalue weighted by Crippen LogP contribution is 2.21. The predicted molar refractivity (Wildman–Crippen MR) is 65.7 cm³/mol. The summed E-state index contributed by atoms with van der Waals surface area (Å²) < 4.78 is 0. The number of aromatic nitrogens is 2. The number of carboxylic acids is 1. The van der Waals surface area contributed by atoms with Gasteiger partial charge in [-0.05, 0) is 13.0 Å². The first-order valence-corrected chi connectivity index (χ1v) is 5.62. The number of pyridine rings is 1. The van der Waals surface area contributed by atoms with E-state index < -0.39 is 5.97 Å². The molecular formula is C10H10N4O2S. The van der Waals surface area contributed by atoms with Gasteiger partial charge in [-0.15, -0.1) is 11.3 Å². The maximum absolute atomic E-state index is 10.9. The quantitative estimate of drug-likeness (QED) is 0.768. The molecule has 2 aromatic heterocycles. The summed E-state index contributed by atoms with van der Waals surface area (Å²) in [5, 5.41) is 14.4. The molecule has 0 saturated carbocycles. The van der Waals surface area contributed by atoms with Gasteiger partial charge in [-0.25, -0.2) is 14.8 Å². The highest BCUT2D eigenvalue weighted by molar-refractivity contribution is 7.13.